The van der Waals surface area contributed by atoms with Crippen molar-refractivity contribution in [1.29, 1.82) is 0 Å². The van der Waals surface area contributed by atoms with Crippen LogP contribution in [0.3, 0.4) is 0 Å². The summed E-state index contributed by atoms with van der Waals surface area (Å²) >= 11 is 0. The number of nitrogens with one attached hydrogen (secondary N) is 1. The van der Waals surface area contributed by atoms with Crippen LogP contribution < -0.4 is 11.2 Å². The predicted molar refractivity (Wildman–Crippen MR) is 111 cm³/mol. The van der Waals surface area contributed by atoms with Gasteiger partial charge in [0.1, 0.15) is 0 Å². The third-order valence-corrected chi connectivity index (χ3v) is 6.22. The smallest absolute Gasteiger partial charge is 0.328 e. The number of rotatable bonds is 6. The Labute approximate surface area is 170 Å². The Hall–Kier alpha value is -2.18. The average molecular weight is 399 g/mol. The van der Waals surface area contributed by atoms with E-state index in [1.54, 1.807) is 17.7 Å². The highest BCUT2D eigenvalue weighted by molar-refractivity contribution is 5.19. The predicted octanol–water partition coefficient (Wildman–Crippen LogP) is 3.20. The fourth-order valence-corrected chi connectivity index (χ4v) is 4.78. The molecule has 1 N–H and O–H groups in total. The highest BCUT2D eigenvalue weighted by atomic mass is 16.5. The molecule has 2 aliphatic rings. The molecule has 29 heavy (non-hydrogen) atoms. The monoisotopic (exact) mass is 398 g/mol. The van der Waals surface area contributed by atoms with Gasteiger partial charge in [0.05, 0.1) is 24.9 Å². The van der Waals surface area contributed by atoms with Gasteiger partial charge in [-0.2, -0.15) is 0 Å². The van der Waals surface area contributed by atoms with Gasteiger partial charge in [0.2, 0.25) is 0 Å². The SMILES string of the molecule is Cc1cn([C@H]2C[C@H](OC(C)(C)C)C3(COCc4ccccc4)CC23)c(=O)[nH]c1=O. The second-order valence-electron chi connectivity index (χ2n) is 9.52. The molecular weight excluding hydrogens is 368 g/mol. The van der Waals surface area contributed by atoms with Crippen LogP contribution in [0, 0.1) is 18.3 Å². The number of ether oxygens (including phenoxy) is 2. The normalized spacial score (nSPS) is 28.3. The van der Waals surface area contributed by atoms with Crippen molar-refractivity contribution in [3.05, 3.63) is 68.5 Å². The van der Waals surface area contributed by atoms with Crippen molar-refractivity contribution in [2.45, 2.75) is 64.9 Å². The number of benzene rings is 1. The lowest BCUT2D eigenvalue weighted by atomic mass is 10.00. The number of aromatic amines is 1. The lowest BCUT2D eigenvalue weighted by molar-refractivity contribution is -0.104. The zero-order valence-corrected chi connectivity index (χ0v) is 17.6. The van der Waals surface area contributed by atoms with E-state index < -0.39 is 0 Å². The number of aromatic nitrogens is 2. The van der Waals surface area contributed by atoms with Crippen LogP contribution in [0.1, 0.15) is 50.8 Å². The Morgan fingerprint density at radius 3 is 2.62 bits per heavy atom. The second-order valence-corrected chi connectivity index (χ2v) is 9.52. The van der Waals surface area contributed by atoms with Gasteiger partial charge >= 0.3 is 5.69 Å². The first kappa shape index (κ1) is 20.1. The Morgan fingerprint density at radius 1 is 1.21 bits per heavy atom. The summed E-state index contributed by atoms with van der Waals surface area (Å²) in [5.74, 6) is 0.314. The van der Waals surface area contributed by atoms with Gasteiger partial charge in [-0.05, 0) is 52.0 Å². The number of aryl methyl sites for hydroxylation is 1. The van der Waals surface area contributed by atoms with Crippen molar-refractivity contribution < 1.29 is 9.47 Å². The molecule has 1 aromatic heterocycles. The van der Waals surface area contributed by atoms with E-state index in [1.165, 1.54) is 0 Å². The molecule has 4 rings (SSSR count). The number of H-pyrrole nitrogens is 1. The van der Waals surface area contributed by atoms with Crippen LogP contribution in [-0.2, 0) is 16.1 Å². The maximum atomic E-state index is 12.5. The van der Waals surface area contributed by atoms with Gasteiger partial charge in [0.15, 0.2) is 0 Å². The van der Waals surface area contributed by atoms with Crippen molar-refractivity contribution in [2.75, 3.05) is 6.61 Å². The van der Waals surface area contributed by atoms with Crippen molar-refractivity contribution in [1.82, 2.24) is 9.55 Å². The second kappa shape index (κ2) is 7.26. The number of hydrogen-bond donors (Lipinski definition) is 1. The topological polar surface area (TPSA) is 73.3 Å². The molecule has 2 saturated carbocycles. The first-order valence-electron chi connectivity index (χ1n) is 10.3. The van der Waals surface area contributed by atoms with E-state index in [4.69, 9.17) is 9.47 Å². The summed E-state index contributed by atoms with van der Waals surface area (Å²) in [4.78, 5) is 26.7. The van der Waals surface area contributed by atoms with E-state index in [9.17, 15) is 9.59 Å². The minimum Gasteiger partial charge on any atom is -0.376 e. The molecule has 2 unspecified atom stereocenters. The maximum Gasteiger partial charge on any atom is 0.328 e. The largest absolute Gasteiger partial charge is 0.376 e. The van der Waals surface area contributed by atoms with Gasteiger partial charge in [0.25, 0.3) is 5.56 Å². The molecule has 2 fully saturated rings. The summed E-state index contributed by atoms with van der Waals surface area (Å²) in [5, 5.41) is 0. The molecule has 0 bridgehead atoms. The molecule has 6 nitrogen and oxygen atoms in total. The minimum atomic E-state index is -0.340. The van der Waals surface area contributed by atoms with Crippen LogP contribution in [0.5, 0.6) is 0 Å². The summed E-state index contributed by atoms with van der Waals surface area (Å²) in [6.45, 7) is 9.10. The van der Waals surface area contributed by atoms with Gasteiger partial charge < -0.3 is 9.47 Å². The standard InChI is InChI=1S/C23H30N2O4/c1-15-12-25(21(27)24-20(15)26)18-10-19(29-22(2,3)4)23(11-17(18)23)14-28-13-16-8-6-5-7-9-16/h5-9,12,17-19H,10-11,13-14H2,1-4H3,(H,24,26,27)/t17?,18-,19-,23?/m0/s1. The van der Waals surface area contributed by atoms with Crippen LogP contribution in [0.25, 0.3) is 0 Å². The van der Waals surface area contributed by atoms with E-state index in [2.05, 4.69) is 37.9 Å². The van der Waals surface area contributed by atoms with Gasteiger partial charge in [-0.15, -0.1) is 0 Å². The summed E-state index contributed by atoms with van der Waals surface area (Å²) in [7, 11) is 0. The van der Waals surface area contributed by atoms with Crippen LogP contribution in [-0.4, -0.2) is 27.9 Å². The lowest BCUT2D eigenvalue weighted by Crippen LogP contribution is -2.36. The van der Waals surface area contributed by atoms with E-state index in [0.717, 1.165) is 18.4 Å². The van der Waals surface area contributed by atoms with Gasteiger partial charge in [0, 0.05) is 23.2 Å². The maximum absolute atomic E-state index is 12.5. The van der Waals surface area contributed by atoms with Gasteiger partial charge in [-0.3, -0.25) is 14.3 Å². The van der Waals surface area contributed by atoms with Crippen molar-refractivity contribution in [3.63, 3.8) is 0 Å². The molecule has 0 radical (unpaired) electrons. The molecule has 4 atom stereocenters. The van der Waals surface area contributed by atoms with Crippen LogP contribution in [0.15, 0.2) is 46.1 Å². The molecule has 2 aliphatic carbocycles. The molecule has 6 heteroatoms. The molecule has 2 aromatic rings. The fourth-order valence-electron chi connectivity index (χ4n) is 4.78. The summed E-state index contributed by atoms with van der Waals surface area (Å²) < 4.78 is 14.3. The number of nitrogens with zero attached hydrogens (tertiary/aromatic N) is 1. The average Bonchev–Trinajstić information content (AvgIpc) is 3.30. The molecule has 1 heterocycles. The van der Waals surface area contributed by atoms with Crippen LogP contribution >= 0.6 is 0 Å². The zero-order chi connectivity index (χ0) is 20.8. The quantitative estimate of drug-likeness (QED) is 0.811. The van der Waals surface area contributed by atoms with Crippen LogP contribution in [0.2, 0.25) is 0 Å². The lowest BCUT2D eigenvalue weighted by Gasteiger charge is -2.31. The third-order valence-electron chi connectivity index (χ3n) is 6.22. The minimum absolute atomic E-state index is 0.0192. The Bertz CT molecular complexity index is 988. The summed E-state index contributed by atoms with van der Waals surface area (Å²) in [6, 6.07) is 10.2. The Kier molecular flexibility index (Phi) is 5.03. The molecule has 0 amide bonds. The molecule has 0 spiro atoms. The van der Waals surface area contributed by atoms with E-state index in [-0.39, 0.29) is 34.4 Å². The van der Waals surface area contributed by atoms with Crippen molar-refractivity contribution in [3.8, 4) is 0 Å². The Morgan fingerprint density at radius 2 is 1.93 bits per heavy atom. The van der Waals surface area contributed by atoms with Gasteiger partial charge in [-0.1, -0.05) is 30.3 Å². The number of hydrogen-bond acceptors (Lipinski definition) is 4. The molecular formula is C23H30N2O4. The fraction of sp³-hybridized carbons (Fsp3) is 0.565. The van der Waals surface area contributed by atoms with Crippen molar-refractivity contribution in [2.24, 2.45) is 11.3 Å². The first-order valence-corrected chi connectivity index (χ1v) is 10.3. The Balaban J connectivity index is 1.55. The van der Waals surface area contributed by atoms with Gasteiger partial charge in [-0.25, -0.2) is 4.79 Å². The molecule has 0 aliphatic heterocycles. The van der Waals surface area contributed by atoms with E-state index in [1.807, 2.05) is 18.2 Å². The van der Waals surface area contributed by atoms with Crippen molar-refractivity contribution >= 4 is 0 Å². The third kappa shape index (κ3) is 3.96. The highest BCUT2D eigenvalue weighted by Gasteiger charge is 2.68. The molecule has 0 saturated heterocycles. The zero-order valence-electron chi connectivity index (χ0n) is 17.6. The highest BCUT2D eigenvalue weighted by Crippen LogP contribution is 2.68. The van der Waals surface area contributed by atoms with E-state index >= 15 is 0 Å². The summed E-state index contributed by atoms with van der Waals surface area (Å²) in [6.07, 6.45) is 3.44. The number of fused-ring (bicyclic) bond motifs is 1. The van der Waals surface area contributed by atoms with Crippen LogP contribution in [0.4, 0.5) is 0 Å². The molecule has 1 aromatic carbocycles. The molecule has 156 valence electrons. The van der Waals surface area contributed by atoms with E-state index in [0.29, 0.717) is 24.7 Å². The first-order chi connectivity index (χ1) is 13.7. The summed E-state index contributed by atoms with van der Waals surface area (Å²) in [5.41, 5.74) is 0.696.